The number of hydrogen-bond donors (Lipinski definition) is 0. The molecule has 0 unspecified atom stereocenters. The Morgan fingerprint density at radius 2 is 1.62 bits per heavy atom. The van der Waals surface area contributed by atoms with E-state index in [-0.39, 0.29) is 5.78 Å². The SMILES string of the molecule is O=C(Cc1cc2ccccc2n1-c1ccccn1)c1ccccc1. The first kappa shape index (κ1) is 14.4. The van der Waals surface area contributed by atoms with Crippen LogP contribution in [0.5, 0.6) is 0 Å². The molecule has 0 saturated carbocycles. The highest BCUT2D eigenvalue weighted by molar-refractivity contribution is 5.98. The summed E-state index contributed by atoms with van der Waals surface area (Å²) in [6.07, 6.45) is 2.11. The fourth-order valence-electron chi connectivity index (χ4n) is 2.99. The number of para-hydroxylation sites is 1. The number of benzene rings is 2. The highest BCUT2D eigenvalue weighted by atomic mass is 16.1. The van der Waals surface area contributed by atoms with Crippen LogP contribution in [0.2, 0.25) is 0 Å². The molecule has 0 N–H and O–H groups in total. The molecule has 0 bridgehead atoms. The summed E-state index contributed by atoms with van der Waals surface area (Å²) < 4.78 is 2.07. The molecule has 4 aromatic rings. The van der Waals surface area contributed by atoms with Gasteiger partial charge in [-0.25, -0.2) is 4.98 Å². The Kier molecular flexibility index (Phi) is 3.67. The molecule has 0 aliphatic rings. The first-order valence-corrected chi connectivity index (χ1v) is 7.92. The van der Waals surface area contributed by atoms with Crippen molar-refractivity contribution < 1.29 is 4.79 Å². The van der Waals surface area contributed by atoms with E-state index in [2.05, 4.69) is 27.8 Å². The Labute approximate surface area is 140 Å². The third-order valence-electron chi connectivity index (χ3n) is 4.10. The Morgan fingerprint density at radius 3 is 2.42 bits per heavy atom. The lowest BCUT2D eigenvalue weighted by Crippen LogP contribution is -2.09. The third-order valence-corrected chi connectivity index (χ3v) is 4.10. The second kappa shape index (κ2) is 6.13. The highest BCUT2D eigenvalue weighted by Crippen LogP contribution is 2.24. The topological polar surface area (TPSA) is 34.9 Å². The summed E-state index contributed by atoms with van der Waals surface area (Å²) in [5.74, 6) is 0.935. The predicted molar refractivity (Wildman–Crippen MR) is 95.5 cm³/mol. The Balaban J connectivity index is 1.82. The lowest BCUT2D eigenvalue weighted by atomic mass is 10.1. The number of nitrogens with zero attached hydrogens (tertiary/aromatic N) is 2. The second-order valence-corrected chi connectivity index (χ2v) is 5.68. The number of Topliss-reactive ketones (excluding diaryl/α,β-unsaturated/α-hetero) is 1. The van der Waals surface area contributed by atoms with Gasteiger partial charge in [-0.15, -0.1) is 0 Å². The van der Waals surface area contributed by atoms with Gasteiger partial charge in [0.05, 0.1) is 11.9 Å². The van der Waals surface area contributed by atoms with Crippen LogP contribution in [-0.2, 0) is 6.42 Å². The van der Waals surface area contributed by atoms with E-state index < -0.39 is 0 Å². The summed E-state index contributed by atoms with van der Waals surface area (Å²) in [6.45, 7) is 0. The first-order valence-electron chi connectivity index (χ1n) is 7.92. The zero-order chi connectivity index (χ0) is 16.4. The van der Waals surface area contributed by atoms with E-state index in [1.54, 1.807) is 6.20 Å². The lowest BCUT2D eigenvalue weighted by Gasteiger charge is -2.09. The van der Waals surface area contributed by atoms with E-state index in [0.29, 0.717) is 6.42 Å². The summed E-state index contributed by atoms with van der Waals surface area (Å²) in [5, 5.41) is 1.11. The van der Waals surface area contributed by atoms with Crippen LogP contribution in [0.3, 0.4) is 0 Å². The van der Waals surface area contributed by atoms with Gasteiger partial charge < -0.3 is 0 Å². The maximum absolute atomic E-state index is 12.6. The molecule has 24 heavy (non-hydrogen) atoms. The van der Waals surface area contributed by atoms with Crippen molar-refractivity contribution in [1.29, 1.82) is 0 Å². The molecule has 2 aromatic carbocycles. The Hall–Kier alpha value is -3.20. The zero-order valence-electron chi connectivity index (χ0n) is 13.1. The molecule has 0 atom stereocenters. The van der Waals surface area contributed by atoms with E-state index in [0.717, 1.165) is 28.0 Å². The summed E-state index contributed by atoms with van der Waals surface area (Å²) in [6, 6.07) is 25.4. The van der Waals surface area contributed by atoms with Gasteiger partial charge in [0.2, 0.25) is 0 Å². The molecule has 3 nitrogen and oxygen atoms in total. The van der Waals surface area contributed by atoms with E-state index in [4.69, 9.17) is 0 Å². The quantitative estimate of drug-likeness (QED) is 0.522. The molecule has 0 fully saturated rings. The molecule has 0 aliphatic heterocycles. The summed E-state index contributed by atoms with van der Waals surface area (Å²) in [7, 11) is 0. The van der Waals surface area contributed by atoms with Crippen molar-refractivity contribution in [2.45, 2.75) is 6.42 Å². The zero-order valence-corrected chi connectivity index (χ0v) is 13.1. The Morgan fingerprint density at radius 1 is 0.875 bits per heavy atom. The molecular formula is C21H16N2O. The fourth-order valence-corrected chi connectivity index (χ4v) is 2.99. The Bertz CT molecular complexity index is 988. The molecule has 0 saturated heterocycles. The standard InChI is InChI=1S/C21H16N2O/c24-20(16-8-2-1-3-9-16)15-18-14-17-10-4-5-11-19(17)23(18)21-12-6-7-13-22-21/h1-14H,15H2. The van der Waals surface area contributed by atoms with E-state index in [9.17, 15) is 4.79 Å². The number of aromatic nitrogens is 2. The predicted octanol–water partition coefficient (Wildman–Crippen LogP) is 4.45. The summed E-state index contributed by atoms with van der Waals surface area (Å²) in [4.78, 5) is 17.1. The van der Waals surface area contributed by atoms with Crippen molar-refractivity contribution in [2.75, 3.05) is 0 Å². The van der Waals surface area contributed by atoms with Crippen molar-refractivity contribution in [3.8, 4) is 5.82 Å². The average molecular weight is 312 g/mol. The minimum Gasteiger partial charge on any atom is -0.298 e. The normalized spacial score (nSPS) is 10.8. The lowest BCUT2D eigenvalue weighted by molar-refractivity contribution is 0.0991. The van der Waals surface area contributed by atoms with E-state index in [1.165, 1.54) is 0 Å². The van der Waals surface area contributed by atoms with Gasteiger partial charge in [-0.05, 0) is 24.3 Å². The van der Waals surface area contributed by atoms with Crippen molar-refractivity contribution in [3.05, 3.63) is 96.3 Å². The fraction of sp³-hybridized carbons (Fsp3) is 0.0476. The van der Waals surface area contributed by atoms with Gasteiger partial charge in [0.1, 0.15) is 5.82 Å². The second-order valence-electron chi connectivity index (χ2n) is 5.68. The summed E-state index contributed by atoms with van der Waals surface area (Å²) in [5.41, 5.74) is 2.74. The van der Waals surface area contributed by atoms with Gasteiger partial charge in [0, 0.05) is 22.8 Å². The third kappa shape index (κ3) is 2.61. The molecule has 0 aliphatic carbocycles. The molecule has 0 spiro atoms. The van der Waals surface area contributed by atoms with Crippen molar-refractivity contribution >= 4 is 16.7 Å². The number of pyridine rings is 1. The van der Waals surface area contributed by atoms with Gasteiger partial charge in [0.25, 0.3) is 0 Å². The van der Waals surface area contributed by atoms with Crippen LogP contribution in [-0.4, -0.2) is 15.3 Å². The van der Waals surface area contributed by atoms with Crippen molar-refractivity contribution in [1.82, 2.24) is 9.55 Å². The van der Waals surface area contributed by atoms with Gasteiger partial charge in [-0.1, -0.05) is 54.6 Å². The maximum Gasteiger partial charge on any atom is 0.168 e. The number of carbonyl (C=O) groups is 1. The minimum atomic E-state index is 0.107. The summed E-state index contributed by atoms with van der Waals surface area (Å²) >= 11 is 0. The number of hydrogen-bond acceptors (Lipinski definition) is 2. The first-order chi connectivity index (χ1) is 11.8. The molecule has 0 radical (unpaired) electrons. The molecule has 3 heteroatoms. The molecule has 2 aromatic heterocycles. The number of rotatable bonds is 4. The van der Waals surface area contributed by atoms with Gasteiger partial charge >= 0.3 is 0 Å². The van der Waals surface area contributed by atoms with Crippen LogP contribution in [0, 0.1) is 0 Å². The number of fused-ring (bicyclic) bond motifs is 1. The van der Waals surface area contributed by atoms with E-state index >= 15 is 0 Å². The van der Waals surface area contributed by atoms with Crippen LogP contribution in [0.25, 0.3) is 16.7 Å². The molecular weight excluding hydrogens is 296 g/mol. The molecule has 0 amide bonds. The van der Waals surface area contributed by atoms with Crippen LogP contribution < -0.4 is 0 Å². The van der Waals surface area contributed by atoms with Crippen LogP contribution in [0.4, 0.5) is 0 Å². The highest BCUT2D eigenvalue weighted by Gasteiger charge is 2.15. The van der Waals surface area contributed by atoms with Crippen LogP contribution >= 0.6 is 0 Å². The maximum atomic E-state index is 12.6. The van der Waals surface area contributed by atoms with Crippen molar-refractivity contribution in [3.63, 3.8) is 0 Å². The largest absolute Gasteiger partial charge is 0.298 e. The van der Waals surface area contributed by atoms with Crippen molar-refractivity contribution in [2.24, 2.45) is 0 Å². The van der Waals surface area contributed by atoms with Gasteiger partial charge in [-0.3, -0.25) is 9.36 Å². The molecule has 4 rings (SSSR count). The van der Waals surface area contributed by atoms with E-state index in [1.807, 2.05) is 60.7 Å². The van der Waals surface area contributed by atoms with Gasteiger partial charge in [-0.2, -0.15) is 0 Å². The molecule has 2 heterocycles. The monoisotopic (exact) mass is 312 g/mol. The van der Waals surface area contributed by atoms with Crippen LogP contribution in [0.1, 0.15) is 16.1 Å². The number of ketones is 1. The minimum absolute atomic E-state index is 0.107. The average Bonchev–Trinajstić information content (AvgIpc) is 3.01. The smallest absolute Gasteiger partial charge is 0.168 e. The number of carbonyl (C=O) groups excluding carboxylic acids is 1. The van der Waals surface area contributed by atoms with Crippen LogP contribution in [0.15, 0.2) is 85.1 Å². The molecule has 116 valence electrons. The van der Waals surface area contributed by atoms with Gasteiger partial charge in [0.15, 0.2) is 5.78 Å².